The van der Waals surface area contributed by atoms with Crippen LogP contribution >= 0.6 is 69.6 Å². The van der Waals surface area contributed by atoms with Crippen LogP contribution in [0.15, 0.2) is 134 Å². The Labute approximate surface area is 818 Å². The monoisotopic (exact) mass is 1950 g/mol. The van der Waals surface area contributed by atoms with E-state index >= 15 is 0 Å². The summed E-state index contributed by atoms with van der Waals surface area (Å²) in [6, 6.07) is 35.8. The summed E-state index contributed by atoms with van der Waals surface area (Å²) in [6.07, 6.45) is 23.5. The van der Waals surface area contributed by atoms with Gasteiger partial charge in [-0.1, -0.05) is 93.9 Å². The highest BCUT2D eigenvalue weighted by molar-refractivity contribution is 6.37. The van der Waals surface area contributed by atoms with E-state index in [0.29, 0.717) is 90.9 Å². The molecule has 8 fully saturated rings. The Hall–Kier alpha value is -8.60. The zero-order valence-electron chi connectivity index (χ0n) is 77.9. The van der Waals surface area contributed by atoms with Gasteiger partial charge in [-0.2, -0.15) is 0 Å². The van der Waals surface area contributed by atoms with Gasteiger partial charge < -0.3 is 71.0 Å². The van der Waals surface area contributed by atoms with E-state index in [-0.39, 0.29) is 82.9 Å². The minimum absolute atomic E-state index is 0.0414. The molecule has 8 N–H and O–H groups in total. The maximum atomic E-state index is 12.9. The molecule has 2 saturated carbocycles. The first-order chi connectivity index (χ1) is 64.6. The molecule has 4 aromatic heterocycles. The summed E-state index contributed by atoms with van der Waals surface area (Å²) in [4.78, 5) is 91.8. The van der Waals surface area contributed by atoms with Crippen molar-refractivity contribution < 1.29 is 57.2 Å². The molecule has 4 aromatic carbocycles. The zero-order chi connectivity index (χ0) is 94.7. The number of ether oxygens (including phenoxy) is 6. The normalized spacial score (nSPS) is 21.6. The fraction of sp³-hybridized carbons (Fsp3) is 0.519. The standard InChI is InChI=1S/2C26H31Cl2N3O4.2C26H34ClN3O2/c2*1-34-26(33)31-19-3-2-17(10-19)25(32)13-20-12-22(24(28)15-30-20)21-11-18(4-5-23(21)27)29-14-16-6-8-35-9-7-16;2*1-26(2)14-18(8-10-32-26)15-29-21-7-3-5-19(11-21)23-12-22(30-17-24(23)27)13-25(31)20-6-4-9-28-16-20/h2*4-5,11-12,15-17,19,29H,2-3,6-10,13-14H2,1H3,(H,31,33);2*3,5,7,11-12,17-18,20,28-29H,4,6,8-10,13-16H2,1-2H3/t2*17-,19+;18-,20+;18-,20-/m1001/s1. The van der Waals surface area contributed by atoms with E-state index in [4.69, 9.17) is 88.6 Å². The van der Waals surface area contributed by atoms with Crippen LogP contribution in [0, 0.1) is 47.3 Å². The number of nitrogens with zero attached hydrogens (tertiary/aromatic N) is 4. The van der Waals surface area contributed by atoms with Crippen molar-refractivity contribution in [3.8, 4) is 44.5 Å². The third-order valence-electron chi connectivity index (χ3n) is 26.9. The summed E-state index contributed by atoms with van der Waals surface area (Å²) < 4.78 is 31.9. The van der Waals surface area contributed by atoms with E-state index < -0.39 is 12.2 Å². The van der Waals surface area contributed by atoms with Gasteiger partial charge >= 0.3 is 12.2 Å². The molecular formula is C104H130Cl6N12O12. The lowest BCUT2D eigenvalue weighted by atomic mass is 9.88. The van der Waals surface area contributed by atoms with E-state index in [1.807, 2.05) is 72.8 Å². The number of hydrogen-bond acceptors (Lipinski definition) is 22. The van der Waals surface area contributed by atoms with E-state index in [2.05, 4.69) is 136 Å². The first-order valence-electron chi connectivity index (χ1n) is 47.6. The molecular weight excluding hydrogens is 1820 g/mol. The number of carbonyl (C=O) groups excluding carboxylic acids is 6. The second-order valence-corrected chi connectivity index (χ2v) is 40.5. The van der Waals surface area contributed by atoms with Crippen LogP contribution in [0.1, 0.15) is 166 Å². The molecule has 30 heteroatoms. The Morgan fingerprint density at radius 2 is 0.701 bits per heavy atom. The van der Waals surface area contributed by atoms with Crippen LogP contribution in [-0.2, 0) is 73.3 Å². The van der Waals surface area contributed by atoms with E-state index in [0.717, 1.165) is 273 Å². The summed E-state index contributed by atoms with van der Waals surface area (Å²) in [5.41, 5.74) is 13.9. The fourth-order valence-electron chi connectivity index (χ4n) is 19.3. The molecule has 2 aliphatic carbocycles. The second kappa shape index (κ2) is 50.6. The predicted octanol–water partition coefficient (Wildman–Crippen LogP) is 21.3. The molecule has 6 aliphatic heterocycles. The van der Waals surface area contributed by atoms with Crippen LogP contribution in [0.5, 0.6) is 0 Å². The lowest BCUT2D eigenvalue weighted by Gasteiger charge is -2.35. The lowest BCUT2D eigenvalue weighted by Crippen LogP contribution is -2.36. The van der Waals surface area contributed by atoms with E-state index in [1.165, 1.54) is 14.2 Å². The van der Waals surface area contributed by atoms with Gasteiger partial charge in [-0.3, -0.25) is 39.1 Å². The van der Waals surface area contributed by atoms with Gasteiger partial charge in [-0.25, -0.2) is 9.59 Å². The predicted molar refractivity (Wildman–Crippen MR) is 535 cm³/mol. The van der Waals surface area contributed by atoms with Crippen molar-refractivity contribution in [2.45, 2.75) is 192 Å². The van der Waals surface area contributed by atoms with Gasteiger partial charge in [0.25, 0.3) is 0 Å². The first kappa shape index (κ1) is 103. The number of hydrogen-bond donors (Lipinski definition) is 8. The van der Waals surface area contributed by atoms with Crippen molar-refractivity contribution in [1.29, 1.82) is 0 Å². The van der Waals surface area contributed by atoms with Gasteiger partial charge in [0.15, 0.2) is 0 Å². The van der Waals surface area contributed by atoms with Gasteiger partial charge in [0.1, 0.15) is 23.1 Å². The second-order valence-electron chi connectivity index (χ2n) is 38.1. The number of alkyl carbamates (subject to hydrolysis) is 2. The molecule has 0 radical (unpaired) electrons. The summed E-state index contributed by atoms with van der Waals surface area (Å²) in [7, 11) is 2.67. The third kappa shape index (κ3) is 31.2. The summed E-state index contributed by atoms with van der Waals surface area (Å²) >= 11 is 39.1. The lowest BCUT2D eigenvalue weighted by molar-refractivity contribution is -0.123. The van der Waals surface area contributed by atoms with Crippen molar-refractivity contribution in [3.63, 3.8) is 0 Å². The molecule has 0 bridgehead atoms. The minimum atomic E-state index is -0.464. The van der Waals surface area contributed by atoms with Gasteiger partial charge in [0.05, 0.1) is 45.5 Å². The number of benzene rings is 4. The van der Waals surface area contributed by atoms with E-state index in [9.17, 15) is 28.8 Å². The summed E-state index contributed by atoms with van der Waals surface area (Å²) in [5.74, 6) is 3.05. The number of aromatic nitrogens is 4. The zero-order valence-corrected chi connectivity index (χ0v) is 82.4. The third-order valence-corrected chi connectivity index (χ3v) is 28.7. The number of anilines is 4. The quantitative estimate of drug-likeness (QED) is 0.0207. The highest BCUT2D eigenvalue weighted by atomic mass is 35.5. The molecule has 8 aliphatic rings. The number of piperidine rings is 2. The Morgan fingerprint density at radius 1 is 0.373 bits per heavy atom. The van der Waals surface area contributed by atoms with Crippen molar-refractivity contribution in [2.75, 3.05) is 127 Å². The van der Waals surface area contributed by atoms with Gasteiger partial charge in [-0.05, 0) is 276 Å². The van der Waals surface area contributed by atoms with Crippen molar-refractivity contribution in [1.82, 2.24) is 41.2 Å². The molecule has 24 nitrogen and oxygen atoms in total. The van der Waals surface area contributed by atoms with E-state index in [1.54, 1.807) is 24.8 Å². The largest absolute Gasteiger partial charge is 0.453 e. The topological polar surface area (TPSA) is 306 Å². The number of amides is 2. The van der Waals surface area contributed by atoms with Crippen LogP contribution in [0.4, 0.5) is 32.3 Å². The number of Topliss-reactive ketones (excluding diaryl/α,β-unsaturated/α-hetero) is 4. The number of ketones is 4. The molecule has 0 spiro atoms. The van der Waals surface area contributed by atoms with Gasteiger partial charge in [0, 0.05) is 254 Å². The molecule has 10 heterocycles. The Bertz CT molecular complexity index is 4960. The van der Waals surface area contributed by atoms with Crippen molar-refractivity contribution >= 4 is 128 Å². The minimum Gasteiger partial charge on any atom is -0.453 e. The van der Waals surface area contributed by atoms with Crippen LogP contribution in [0.25, 0.3) is 44.5 Å². The fourth-order valence-corrected chi connectivity index (χ4v) is 20.5. The molecule has 8 aromatic rings. The highest BCUT2D eigenvalue weighted by Gasteiger charge is 2.36. The molecule has 6 saturated heterocycles. The molecule has 8 atom stereocenters. The Balaban J connectivity index is 0.000000152. The van der Waals surface area contributed by atoms with Gasteiger partial charge in [-0.15, -0.1) is 0 Å². The maximum absolute atomic E-state index is 12.9. The number of methoxy groups -OCH3 is 2. The Kier molecular flexibility index (Phi) is 38.9. The first-order valence-corrected chi connectivity index (χ1v) is 49.9. The van der Waals surface area contributed by atoms with Gasteiger partial charge in [0.2, 0.25) is 0 Å². The van der Waals surface area contributed by atoms with Crippen LogP contribution in [-0.4, -0.2) is 185 Å². The molecule has 0 unspecified atom stereocenters. The number of nitrogens with one attached hydrogen (secondary N) is 8. The average Bonchev–Trinajstić information content (AvgIpc) is 0.871. The Morgan fingerprint density at radius 3 is 1.05 bits per heavy atom. The van der Waals surface area contributed by atoms with Crippen LogP contribution < -0.4 is 42.5 Å². The number of rotatable bonds is 30. The number of halogens is 6. The maximum Gasteiger partial charge on any atom is 0.407 e. The van der Waals surface area contributed by atoms with Crippen LogP contribution in [0.3, 0.4) is 0 Å². The summed E-state index contributed by atoms with van der Waals surface area (Å²) in [5, 5.41) is 29.7. The molecule has 2 amide bonds. The van der Waals surface area contributed by atoms with Crippen molar-refractivity contribution in [2.24, 2.45) is 47.3 Å². The molecule has 720 valence electrons. The summed E-state index contributed by atoms with van der Waals surface area (Å²) in [6.45, 7) is 20.7. The van der Waals surface area contributed by atoms with Crippen LogP contribution in [0.2, 0.25) is 30.1 Å². The highest BCUT2D eigenvalue weighted by Crippen LogP contribution is 2.42. The molecule has 134 heavy (non-hydrogen) atoms. The average molecular weight is 1950 g/mol. The molecule has 16 rings (SSSR count). The number of carbonyl (C=O) groups is 6. The van der Waals surface area contributed by atoms with Crippen molar-refractivity contribution in [3.05, 3.63) is 187 Å². The SMILES string of the molecule is CC1(C)C[C@@H](CNc2cccc(-c3cc(CC(=O)[C@@H]4CCCNC4)ncc3Cl)c2)CCO1.CC1(C)C[C@H](CNc2cccc(-c3cc(CC(=O)[C@@H]4CCCNC4)ncc3Cl)c2)CCO1.COC(=O)N[C@@H]1CC[C@H](C(=O)Cc2cc(-c3cc(NCC4CCOCC4)ccc3Cl)c(Cl)cn2)C1.COC(=O)N[C@H]1CC[C@@H](C(=O)Cc2cc(-c3cc(NCC4CCOCC4)ccc3Cl)c(Cl)cn2)C1. The smallest absolute Gasteiger partial charge is 0.407 e. The number of pyridine rings is 4.